The number of fused-ring (bicyclic) bond motifs is 1. The standard InChI is InChI=1S/C11H11N3S2/c1-6-2-3-16-9(6)11-13-8-5-15-4-7(8)10(12)14-11/h2-3H,4-5H2,1H3,(H2,12,13,14). The summed E-state index contributed by atoms with van der Waals surface area (Å²) in [4.78, 5) is 10.2. The van der Waals surface area contributed by atoms with Crippen LogP contribution in [0.5, 0.6) is 0 Å². The molecule has 2 aromatic rings. The molecule has 0 fully saturated rings. The number of nitrogen functional groups attached to an aromatic ring is 1. The summed E-state index contributed by atoms with van der Waals surface area (Å²) >= 11 is 3.52. The van der Waals surface area contributed by atoms with Crippen LogP contribution in [0.2, 0.25) is 0 Å². The minimum absolute atomic E-state index is 0.651. The molecule has 3 nitrogen and oxygen atoms in total. The lowest BCUT2D eigenvalue weighted by Crippen LogP contribution is -2.02. The Labute approximate surface area is 102 Å². The zero-order chi connectivity index (χ0) is 11.1. The summed E-state index contributed by atoms with van der Waals surface area (Å²) in [6.07, 6.45) is 0. The first-order chi connectivity index (χ1) is 7.75. The molecule has 2 N–H and O–H groups in total. The van der Waals surface area contributed by atoms with E-state index in [0.29, 0.717) is 5.82 Å². The molecule has 0 bridgehead atoms. The largest absolute Gasteiger partial charge is 0.383 e. The molecule has 0 aromatic carbocycles. The van der Waals surface area contributed by atoms with Crippen molar-refractivity contribution in [3.63, 3.8) is 0 Å². The predicted octanol–water partition coefficient (Wildman–Crippen LogP) is 2.84. The van der Waals surface area contributed by atoms with Crippen LogP contribution in [-0.2, 0) is 11.5 Å². The van der Waals surface area contributed by atoms with Crippen molar-refractivity contribution in [2.24, 2.45) is 0 Å². The Morgan fingerprint density at radius 3 is 2.94 bits per heavy atom. The molecule has 3 heterocycles. The first kappa shape index (κ1) is 10.1. The monoisotopic (exact) mass is 249 g/mol. The summed E-state index contributed by atoms with van der Waals surface area (Å²) < 4.78 is 0. The van der Waals surface area contributed by atoms with Gasteiger partial charge in [0.25, 0.3) is 0 Å². The van der Waals surface area contributed by atoms with Gasteiger partial charge in [-0.3, -0.25) is 0 Å². The molecule has 0 spiro atoms. The van der Waals surface area contributed by atoms with E-state index in [4.69, 9.17) is 5.73 Å². The Kier molecular flexibility index (Phi) is 2.37. The normalized spacial score (nSPS) is 14.1. The van der Waals surface area contributed by atoms with E-state index in [1.807, 2.05) is 11.8 Å². The van der Waals surface area contributed by atoms with Crippen molar-refractivity contribution in [3.05, 3.63) is 28.3 Å². The lowest BCUT2D eigenvalue weighted by Gasteiger charge is -2.05. The van der Waals surface area contributed by atoms with E-state index in [9.17, 15) is 0 Å². The summed E-state index contributed by atoms with van der Waals surface area (Å²) in [6, 6.07) is 2.08. The maximum atomic E-state index is 5.97. The van der Waals surface area contributed by atoms with Gasteiger partial charge in [0.1, 0.15) is 5.82 Å². The Bertz CT molecular complexity index is 548. The summed E-state index contributed by atoms with van der Waals surface area (Å²) in [7, 11) is 0. The van der Waals surface area contributed by atoms with Crippen LogP contribution in [0.15, 0.2) is 11.4 Å². The molecule has 0 atom stereocenters. The number of hydrogen-bond acceptors (Lipinski definition) is 5. The Morgan fingerprint density at radius 1 is 1.31 bits per heavy atom. The highest BCUT2D eigenvalue weighted by atomic mass is 32.2. The number of thiophene rings is 1. The van der Waals surface area contributed by atoms with E-state index < -0.39 is 0 Å². The van der Waals surface area contributed by atoms with Gasteiger partial charge in [-0.25, -0.2) is 9.97 Å². The van der Waals surface area contributed by atoms with Gasteiger partial charge in [-0.1, -0.05) is 0 Å². The van der Waals surface area contributed by atoms with Crippen LogP contribution in [0.3, 0.4) is 0 Å². The average Bonchev–Trinajstić information content (AvgIpc) is 2.85. The van der Waals surface area contributed by atoms with E-state index in [0.717, 1.165) is 33.5 Å². The number of anilines is 1. The van der Waals surface area contributed by atoms with Gasteiger partial charge in [0.15, 0.2) is 5.82 Å². The highest BCUT2D eigenvalue weighted by Gasteiger charge is 2.19. The molecule has 1 aliphatic rings. The zero-order valence-corrected chi connectivity index (χ0v) is 10.5. The summed E-state index contributed by atoms with van der Waals surface area (Å²) in [5.74, 6) is 3.34. The topological polar surface area (TPSA) is 51.8 Å². The fraction of sp³-hybridized carbons (Fsp3) is 0.273. The second kappa shape index (κ2) is 3.75. The molecule has 82 valence electrons. The highest BCUT2D eigenvalue weighted by Crippen LogP contribution is 2.34. The number of nitrogens with zero attached hydrogens (tertiary/aromatic N) is 2. The maximum absolute atomic E-state index is 5.97. The molecule has 16 heavy (non-hydrogen) atoms. The van der Waals surface area contributed by atoms with Crippen LogP contribution in [-0.4, -0.2) is 9.97 Å². The molecule has 2 aromatic heterocycles. The lowest BCUT2D eigenvalue weighted by molar-refractivity contribution is 1.08. The van der Waals surface area contributed by atoms with Crippen LogP contribution in [0.4, 0.5) is 5.82 Å². The van der Waals surface area contributed by atoms with Crippen LogP contribution >= 0.6 is 23.1 Å². The van der Waals surface area contributed by atoms with Gasteiger partial charge in [-0.05, 0) is 23.9 Å². The number of rotatable bonds is 1. The first-order valence-electron chi connectivity index (χ1n) is 5.03. The van der Waals surface area contributed by atoms with Gasteiger partial charge in [0, 0.05) is 17.1 Å². The Balaban J connectivity index is 2.17. The molecule has 1 aliphatic heterocycles. The fourth-order valence-corrected chi connectivity index (χ4v) is 3.69. The van der Waals surface area contributed by atoms with Crippen LogP contribution < -0.4 is 5.73 Å². The van der Waals surface area contributed by atoms with Crippen LogP contribution in [0, 0.1) is 6.92 Å². The van der Waals surface area contributed by atoms with Gasteiger partial charge in [-0.2, -0.15) is 11.8 Å². The fourth-order valence-electron chi connectivity index (χ4n) is 1.78. The summed E-state index contributed by atoms with van der Waals surface area (Å²) in [5, 5.41) is 2.06. The van der Waals surface area contributed by atoms with Gasteiger partial charge in [0.2, 0.25) is 0 Å². The highest BCUT2D eigenvalue weighted by molar-refractivity contribution is 7.98. The van der Waals surface area contributed by atoms with Crippen LogP contribution in [0.25, 0.3) is 10.7 Å². The van der Waals surface area contributed by atoms with Gasteiger partial charge >= 0.3 is 0 Å². The molecule has 0 aliphatic carbocycles. The van der Waals surface area contributed by atoms with Crippen molar-refractivity contribution in [1.29, 1.82) is 0 Å². The quantitative estimate of drug-likeness (QED) is 0.844. The van der Waals surface area contributed by atoms with E-state index >= 15 is 0 Å². The SMILES string of the molecule is Cc1ccsc1-c1nc(N)c2c(n1)CSC2. The summed E-state index contributed by atoms with van der Waals surface area (Å²) in [5.41, 5.74) is 9.43. The number of nitrogens with two attached hydrogens (primary N) is 1. The minimum Gasteiger partial charge on any atom is -0.383 e. The summed E-state index contributed by atoms with van der Waals surface area (Å²) in [6.45, 7) is 2.08. The van der Waals surface area contributed by atoms with Crippen molar-refractivity contribution in [1.82, 2.24) is 9.97 Å². The Hall–Kier alpha value is -1.07. The van der Waals surface area contributed by atoms with Crippen molar-refractivity contribution in [2.75, 3.05) is 5.73 Å². The molecule has 0 saturated carbocycles. The third kappa shape index (κ3) is 1.51. The third-order valence-corrected chi connectivity index (χ3v) is 4.66. The van der Waals surface area contributed by atoms with Gasteiger partial charge < -0.3 is 5.73 Å². The number of thioether (sulfide) groups is 1. The molecule has 0 radical (unpaired) electrons. The van der Waals surface area contributed by atoms with Gasteiger partial charge in [-0.15, -0.1) is 11.3 Å². The van der Waals surface area contributed by atoms with E-state index in [2.05, 4.69) is 28.3 Å². The van der Waals surface area contributed by atoms with Crippen molar-refractivity contribution < 1.29 is 0 Å². The first-order valence-corrected chi connectivity index (χ1v) is 7.06. The number of aromatic nitrogens is 2. The lowest BCUT2D eigenvalue weighted by atomic mass is 10.2. The molecule has 0 amide bonds. The van der Waals surface area contributed by atoms with Gasteiger partial charge in [0.05, 0.1) is 10.6 Å². The second-order valence-electron chi connectivity index (χ2n) is 3.78. The maximum Gasteiger partial charge on any atom is 0.172 e. The minimum atomic E-state index is 0.651. The molecule has 0 unspecified atom stereocenters. The van der Waals surface area contributed by atoms with E-state index in [1.165, 1.54) is 5.56 Å². The van der Waals surface area contributed by atoms with Crippen molar-refractivity contribution >= 4 is 28.9 Å². The van der Waals surface area contributed by atoms with Crippen molar-refractivity contribution in [3.8, 4) is 10.7 Å². The second-order valence-corrected chi connectivity index (χ2v) is 5.68. The Morgan fingerprint density at radius 2 is 2.19 bits per heavy atom. The van der Waals surface area contributed by atoms with E-state index in [1.54, 1.807) is 11.3 Å². The molecular formula is C11H11N3S2. The zero-order valence-electron chi connectivity index (χ0n) is 8.86. The predicted molar refractivity (Wildman–Crippen MR) is 69.5 cm³/mol. The third-order valence-electron chi connectivity index (χ3n) is 2.68. The number of aryl methyl sites for hydroxylation is 1. The van der Waals surface area contributed by atoms with Crippen molar-refractivity contribution in [2.45, 2.75) is 18.4 Å². The molecule has 5 heteroatoms. The van der Waals surface area contributed by atoms with E-state index in [-0.39, 0.29) is 0 Å². The molecular weight excluding hydrogens is 238 g/mol. The smallest absolute Gasteiger partial charge is 0.172 e. The number of hydrogen-bond donors (Lipinski definition) is 1. The molecule has 0 saturated heterocycles. The molecule has 3 rings (SSSR count). The average molecular weight is 249 g/mol. The van der Waals surface area contributed by atoms with Crippen LogP contribution in [0.1, 0.15) is 16.8 Å².